The van der Waals surface area contributed by atoms with Gasteiger partial charge in [0.05, 0.1) is 12.0 Å². The summed E-state index contributed by atoms with van der Waals surface area (Å²) in [6, 6.07) is 13.0. The third-order valence-corrected chi connectivity index (χ3v) is 3.99. The number of carbonyl (C=O) groups excluding carboxylic acids is 1. The average Bonchev–Trinajstić information content (AvgIpc) is 2.52. The Morgan fingerprint density at radius 2 is 1.83 bits per heavy atom. The van der Waals surface area contributed by atoms with E-state index in [0.717, 1.165) is 21.6 Å². The van der Waals surface area contributed by atoms with Crippen molar-refractivity contribution in [2.45, 2.75) is 20.4 Å². The first-order valence-corrected chi connectivity index (χ1v) is 7.78. The summed E-state index contributed by atoms with van der Waals surface area (Å²) in [5.74, 6) is -0.236. The van der Waals surface area contributed by atoms with Crippen LogP contribution < -0.4 is 10.2 Å². The largest absolute Gasteiger partial charge is 0.326 e. The Bertz CT molecular complexity index is 745. The summed E-state index contributed by atoms with van der Waals surface area (Å²) in [7, 11) is 1.92. The zero-order valence-corrected chi connectivity index (χ0v) is 14.1. The number of quaternary nitrogens is 1. The first kappa shape index (κ1) is 17.6. The Labute approximate surface area is 141 Å². The van der Waals surface area contributed by atoms with Crippen LogP contribution in [-0.2, 0) is 11.3 Å². The van der Waals surface area contributed by atoms with Crippen molar-refractivity contribution in [1.29, 1.82) is 0 Å². The number of aryl methyl sites for hydroxylation is 1. The maximum atomic E-state index is 12.3. The van der Waals surface area contributed by atoms with Crippen LogP contribution in [0.3, 0.4) is 0 Å². The van der Waals surface area contributed by atoms with E-state index in [2.05, 4.69) is 5.32 Å². The number of anilines is 1. The molecule has 0 fully saturated rings. The van der Waals surface area contributed by atoms with E-state index in [1.54, 1.807) is 13.0 Å². The Kier molecular flexibility index (Phi) is 5.65. The van der Waals surface area contributed by atoms with Gasteiger partial charge in [0, 0.05) is 11.6 Å². The summed E-state index contributed by atoms with van der Waals surface area (Å²) in [5.41, 5.74) is 2.98. The van der Waals surface area contributed by atoms with Gasteiger partial charge < -0.3 is 10.2 Å². The fourth-order valence-corrected chi connectivity index (χ4v) is 2.58. The van der Waals surface area contributed by atoms with E-state index in [1.165, 1.54) is 6.07 Å². The second kappa shape index (κ2) is 7.70. The molecule has 1 atom stereocenters. The standard InChI is InChI=1S/C18H21N3O3/c1-13-9-10-16(21(23)24)18(14(13)2)19-17(22)12-20(3)11-15-7-5-4-6-8-15/h4-10H,11-12H2,1-3H3,(H,19,22)/p+1. The minimum atomic E-state index is -0.470. The summed E-state index contributed by atoms with van der Waals surface area (Å²) in [4.78, 5) is 24.0. The van der Waals surface area contributed by atoms with Gasteiger partial charge in [-0.1, -0.05) is 36.4 Å². The van der Waals surface area contributed by atoms with Crippen molar-refractivity contribution in [3.8, 4) is 0 Å². The van der Waals surface area contributed by atoms with Crippen molar-refractivity contribution in [3.63, 3.8) is 0 Å². The molecular weight excluding hydrogens is 306 g/mol. The number of nitro groups is 1. The van der Waals surface area contributed by atoms with Gasteiger partial charge in [0.25, 0.3) is 11.6 Å². The molecule has 0 aromatic heterocycles. The van der Waals surface area contributed by atoms with Crippen LogP contribution in [0.4, 0.5) is 11.4 Å². The number of hydrogen-bond donors (Lipinski definition) is 2. The summed E-state index contributed by atoms with van der Waals surface area (Å²) >= 11 is 0. The number of benzene rings is 2. The first-order chi connectivity index (χ1) is 11.4. The molecule has 2 aromatic carbocycles. The van der Waals surface area contributed by atoms with Crippen LogP contribution in [0.5, 0.6) is 0 Å². The lowest BCUT2D eigenvalue weighted by molar-refractivity contribution is -0.885. The molecule has 1 unspecified atom stereocenters. The monoisotopic (exact) mass is 328 g/mol. The highest BCUT2D eigenvalue weighted by Crippen LogP contribution is 2.29. The third-order valence-electron chi connectivity index (χ3n) is 3.99. The lowest BCUT2D eigenvalue weighted by Crippen LogP contribution is -3.08. The molecule has 126 valence electrons. The lowest BCUT2D eigenvalue weighted by atomic mass is 10.1. The van der Waals surface area contributed by atoms with Gasteiger partial charge in [-0.15, -0.1) is 0 Å². The molecule has 2 N–H and O–H groups in total. The van der Waals surface area contributed by atoms with Crippen LogP contribution in [0.15, 0.2) is 42.5 Å². The van der Waals surface area contributed by atoms with Crippen LogP contribution in [-0.4, -0.2) is 24.4 Å². The van der Waals surface area contributed by atoms with Crippen LogP contribution >= 0.6 is 0 Å². The van der Waals surface area contributed by atoms with Gasteiger partial charge >= 0.3 is 0 Å². The molecule has 0 spiro atoms. The maximum absolute atomic E-state index is 12.3. The van der Waals surface area contributed by atoms with E-state index < -0.39 is 4.92 Å². The van der Waals surface area contributed by atoms with Crippen molar-refractivity contribution in [2.75, 3.05) is 18.9 Å². The van der Waals surface area contributed by atoms with Gasteiger partial charge in [0.15, 0.2) is 6.54 Å². The van der Waals surface area contributed by atoms with Gasteiger partial charge in [0.1, 0.15) is 12.2 Å². The van der Waals surface area contributed by atoms with E-state index in [9.17, 15) is 14.9 Å². The molecule has 6 heteroatoms. The van der Waals surface area contributed by atoms with Gasteiger partial charge in [-0.2, -0.15) is 0 Å². The van der Waals surface area contributed by atoms with Gasteiger partial charge in [-0.3, -0.25) is 14.9 Å². The molecule has 24 heavy (non-hydrogen) atoms. The Morgan fingerprint density at radius 3 is 2.46 bits per heavy atom. The molecule has 0 aliphatic rings. The van der Waals surface area contributed by atoms with Crippen molar-refractivity contribution in [3.05, 3.63) is 69.3 Å². The second-order valence-electron chi connectivity index (χ2n) is 6.00. The summed E-state index contributed by atoms with van der Waals surface area (Å²) < 4.78 is 0. The predicted octanol–water partition coefficient (Wildman–Crippen LogP) is 1.87. The normalized spacial score (nSPS) is 11.8. The van der Waals surface area contributed by atoms with E-state index >= 15 is 0 Å². The highest BCUT2D eigenvalue weighted by molar-refractivity contribution is 5.95. The molecule has 0 bridgehead atoms. The number of carbonyl (C=O) groups is 1. The topological polar surface area (TPSA) is 76.7 Å². The van der Waals surface area contributed by atoms with Crippen molar-refractivity contribution < 1.29 is 14.6 Å². The minimum absolute atomic E-state index is 0.0767. The predicted molar refractivity (Wildman–Crippen MR) is 93.1 cm³/mol. The molecule has 2 rings (SSSR count). The Balaban J connectivity index is 2.07. The Hall–Kier alpha value is -2.73. The second-order valence-corrected chi connectivity index (χ2v) is 6.00. The van der Waals surface area contributed by atoms with Crippen LogP contribution in [0.2, 0.25) is 0 Å². The van der Waals surface area contributed by atoms with Crippen molar-refractivity contribution >= 4 is 17.3 Å². The zero-order valence-electron chi connectivity index (χ0n) is 14.1. The highest BCUT2D eigenvalue weighted by Gasteiger charge is 2.20. The molecule has 6 nitrogen and oxygen atoms in total. The number of nitrogens with zero attached hydrogens (tertiary/aromatic N) is 1. The number of hydrogen-bond acceptors (Lipinski definition) is 3. The maximum Gasteiger partial charge on any atom is 0.293 e. The molecule has 0 saturated carbocycles. The number of nitrogens with one attached hydrogen (secondary N) is 2. The number of nitro benzene ring substituents is 1. The number of amides is 1. The van der Waals surface area contributed by atoms with Gasteiger partial charge in [-0.05, 0) is 25.0 Å². The number of rotatable bonds is 6. The van der Waals surface area contributed by atoms with Crippen LogP contribution in [0.25, 0.3) is 0 Å². The quantitative estimate of drug-likeness (QED) is 0.628. The fourth-order valence-electron chi connectivity index (χ4n) is 2.58. The molecule has 0 radical (unpaired) electrons. The van der Waals surface area contributed by atoms with Crippen LogP contribution in [0.1, 0.15) is 16.7 Å². The molecule has 0 aliphatic heterocycles. The molecular formula is C18H22N3O3+. The SMILES string of the molecule is Cc1ccc([N+](=O)[O-])c(NC(=O)C[NH+](C)Cc2ccccc2)c1C. The van der Waals surface area contributed by atoms with Crippen molar-refractivity contribution in [2.24, 2.45) is 0 Å². The van der Waals surface area contributed by atoms with E-state index in [4.69, 9.17) is 0 Å². The molecule has 0 aliphatic carbocycles. The van der Waals surface area contributed by atoms with Gasteiger partial charge in [-0.25, -0.2) is 0 Å². The molecule has 0 saturated heterocycles. The summed E-state index contributed by atoms with van der Waals surface area (Å²) in [6.07, 6.45) is 0. The number of likely N-dealkylation sites (N-methyl/N-ethyl adjacent to an activating group) is 1. The zero-order chi connectivity index (χ0) is 17.7. The molecule has 1 amide bonds. The third kappa shape index (κ3) is 4.39. The molecule has 2 aromatic rings. The Morgan fingerprint density at radius 1 is 1.17 bits per heavy atom. The first-order valence-electron chi connectivity index (χ1n) is 7.78. The molecule has 0 heterocycles. The van der Waals surface area contributed by atoms with E-state index in [0.29, 0.717) is 6.54 Å². The average molecular weight is 328 g/mol. The highest BCUT2D eigenvalue weighted by atomic mass is 16.6. The lowest BCUT2D eigenvalue weighted by Gasteiger charge is -2.15. The van der Waals surface area contributed by atoms with E-state index in [1.807, 2.05) is 44.3 Å². The smallest absolute Gasteiger partial charge is 0.293 e. The minimum Gasteiger partial charge on any atom is -0.326 e. The van der Waals surface area contributed by atoms with Crippen molar-refractivity contribution in [1.82, 2.24) is 0 Å². The van der Waals surface area contributed by atoms with E-state index in [-0.39, 0.29) is 23.8 Å². The van der Waals surface area contributed by atoms with Crippen LogP contribution in [0, 0.1) is 24.0 Å². The summed E-state index contributed by atoms with van der Waals surface area (Å²) in [6.45, 7) is 4.59. The fraction of sp³-hybridized carbons (Fsp3) is 0.278. The summed E-state index contributed by atoms with van der Waals surface area (Å²) in [5, 5.41) is 13.9. The van der Waals surface area contributed by atoms with Gasteiger partial charge in [0.2, 0.25) is 0 Å².